The van der Waals surface area contributed by atoms with Crippen LogP contribution in [0.4, 0.5) is 0 Å². The smallest absolute Gasteiger partial charge is 0.0595 e. The monoisotopic (exact) mass is 238 g/mol. The van der Waals surface area contributed by atoms with E-state index in [4.69, 9.17) is 10.5 Å². The van der Waals surface area contributed by atoms with Gasteiger partial charge in [-0.25, -0.2) is 0 Å². The summed E-state index contributed by atoms with van der Waals surface area (Å²) >= 11 is 1.95. The number of pyridine rings is 1. The number of hydrogen-bond donors (Lipinski definition) is 1. The molecule has 0 spiro atoms. The fourth-order valence-electron chi connectivity index (χ4n) is 1.86. The van der Waals surface area contributed by atoms with Gasteiger partial charge < -0.3 is 10.5 Å². The molecule has 2 heterocycles. The molecule has 4 heteroatoms. The van der Waals surface area contributed by atoms with Gasteiger partial charge in [-0.1, -0.05) is 6.07 Å². The molecule has 0 bridgehead atoms. The molecule has 1 saturated heterocycles. The van der Waals surface area contributed by atoms with Crippen molar-refractivity contribution < 1.29 is 4.74 Å². The number of thioether (sulfide) groups is 1. The molecular weight excluding hydrogens is 220 g/mol. The molecule has 0 saturated carbocycles. The second kappa shape index (κ2) is 6.23. The van der Waals surface area contributed by atoms with Crippen molar-refractivity contribution in [2.75, 3.05) is 19.8 Å². The highest BCUT2D eigenvalue weighted by Crippen LogP contribution is 2.34. The second-order valence-corrected chi connectivity index (χ2v) is 5.43. The van der Waals surface area contributed by atoms with Crippen molar-refractivity contribution in [3.05, 3.63) is 30.1 Å². The van der Waals surface area contributed by atoms with E-state index in [-0.39, 0.29) is 0 Å². The fourth-order valence-corrected chi connectivity index (χ4v) is 3.18. The van der Waals surface area contributed by atoms with Crippen molar-refractivity contribution in [3.63, 3.8) is 0 Å². The number of rotatable bonds is 4. The summed E-state index contributed by atoms with van der Waals surface area (Å²) in [6.07, 6.45) is 4.10. The Morgan fingerprint density at radius 3 is 2.88 bits per heavy atom. The van der Waals surface area contributed by atoms with Crippen molar-refractivity contribution in [1.82, 2.24) is 4.98 Å². The van der Waals surface area contributed by atoms with Crippen LogP contribution in [0.1, 0.15) is 23.8 Å². The van der Waals surface area contributed by atoms with Gasteiger partial charge in [0.05, 0.1) is 10.9 Å². The van der Waals surface area contributed by atoms with E-state index in [1.165, 1.54) is 0 Å². The Bertz CT molecular complexity index is 301. The number of aromatic nitrogens is 1. The zero-order valence-electron chi connectivity index (χ0n) is 9.34. The first-order valence-corrected chi connectivity index (χ1v) is 6.68. The van der Waals surface area contributed by atoms with E-state index in [2.05, 4.69) is 11.1 Å². The van der Waals surface area contributed by atoms with Crippen LogP contribution in [0.2, 0.25) is 0 Å². The summed E-state index contributed by atoms with van der Waals surface area (Å²) in [6, 6.07) is 6.02. The summed E-state index contributed by atoms with van der Waals surface area (Å²) in [5, 5.41) is 0.994. The van der Waals surface area contributed by atoms with Gasteiger partial charge in [-0.05, 0) is 25.0 Å². The zero-order valence-corrected chi connectivity index (χ0v) is 10.2. The normalized spacial score (nSPS) is 19.6. The highest BCUT2D eigenvalue weighted by molar-refractivity contribution is 8.00. The number of ether oxygens (including phenoxy) is 1. The van der Waals surface area contributed by atoms with E-state index >= 15 is 0 Å². The van der Waals surface area contributed by atoms with E-state index in [1.54, 1.807) is 0 Å². The third kappa shape index (κ3) is 3.20. The average molecular weight is 238 g/mol. The Kier molecular flexibility index (Phi) is 4.63. The molecule has 1 aromatic heterocycles. The second-order valence-electron chi connectivity index (χ2n) is 3.93. The first-order valence-electron chi connectivity index (χ1n) is 5.74. The Morgan fingerprint density at radius 1 is 1.44 bits per heavy atom. The van der Waals surface area contributed by atoms with Crippen LogP contribution in [0.3, 0.4) is 0 Å². The van der Waals surface area contributed by atoms with Crippen molar-refractivity contribution >= 4 is 11.8 Å². The van der Waals surface area contributed by atoms with Crippen LogP contribution in [0, 0.1) is 0 Å². The first kappa shape index (κ1) is 11.9. The molecule has 1 aliphatic heterocycles. The van der Waals surface area contributed by atoms with Crippen LogP contribution in [-0.2, 0) is 4.74 Å². The molecule has 16 heavy (non-hydrogen) atoms. The molecule has 2 rings (SSSR count). The molecule has 3 nitrogen and oxygen atoms in total. The molecule has 1 fully saturated rings. The summed E-state index contributed by atoms with van der Waals surface area (Å²) in [6.45, 7) is 2.42. The molecule has 88 valence electrons. The lowest BCUT2D eigenvalue weighted by Crippen LogP contribution is -2.21. The van der Waals surface area contributed by atoms with Crippen molar-refractivity contribution in [1.29, 1.82) is 0 Å². The molecule has 0 amide bonds. The Balaban J connectivity index is 1.94. The summed E-state index contributed by atoms with van der Waals surface area (Å²) in [7, 11) is 0. The number of nitrogens with two attached hydrogens (primary N) is 1. The molecule has 0 aliphatic carbocycles. The van der Waals surface area contributed by atoms with E-state index in [9.17, 15) is 0 Å². The third-order valence-electron chi connectivity index (χ3n) is 2.76. The van der Waals surface area contributed by atoms with Crippen LogP contribution >= 0.6 is 11.8 Å². The molecule has 0 radical (unpaired) electrons. The van der Waals surface area contributed by atoms with Gasteiger partial charge in [-0.3, -0.25) is 4.98 Å². The standard InChI is InChI=1S/C12H18N2OS/c13-9-12(11-3-1-2-6-14-11)16-10-4-7-15-8-5-10/h1-3,6,10,12H,4-5,7-9,13H2. The molecular formula is C12H18N2OS. The van der Waals surface area contributed by atoms with E-state index < -0.39 is 0 Å². The van der Waals surface area contributed by atoms with E-state index in [0.717, 1.165) is 31.7 Å². The van der Waals surface area contributed by atoms with Gasteiger partial charge in [0.15, 0.2) is 0 Å². The lowest BCUT2D eigenvalue weighted by Gasteiger charge is -2.25. The van der Waals surface area contributed by atoms with Crippen molar-refractivity contribution in [2.24, 2.45) is 5.73 Å². The first-order chi connectivity index (χ1) is 7.90. The van der Waals surface area contributed by atoms with E-state index in [1.807, 2.05) is 30.1 Å². The molecule has 1 atom stereocenters. The molecule has 0 aromatic carbocycles. The highest BCUT2D eigenvalue weighted by Gasteiger charge is 2.20. The molecule has 1 aromatic rings. The predicted molar refractivity (Wildman–Crippen MR) is 67.5 cm³/mol. The van der Waals surface area contributed by atoms with Crippen LogP contribution in [0.5, 0.6) is 0 Å². The van der Waals surface area contributed by atoms with Gasteiger partial charge in [0.25, 0.3) is 0 Å². The van der Waals surface area contributed by atoms with Crippen LogP contribution in [0.25, 0.3) is 0 Å². The largest absolute Gasteiger partial charge is 0.381 e. The Hall–Kier alpha value is -0.580. The van der Waals surface area contributed by atoms with Gasteiger partial charge in [-0.15, -0.1) is 11.8 Å². The fraction of sp³-hybridized carbons (Fsp3) is 0.583. The Morgan fingerprint density at radius 2 is 2.25 bits per heavy atom. The van der Waals surface area contributed by atoms with Gasteiger partial charge in [0, 0.05) is 31.2 Å². The number of hydrogen-bond acceptors (Lipinski definition) is 4. The van der Waals surface area contributed by atoms with Crippen LogP contribution < -0.4 is 5.73 Å². The maximum absolute atomic E-state index is 5.83. The predicted octanol–water partition coefficient (Wildman–Crippen LogP) is 1.99. The summed E-state index contributed by atoms with van der Waals surface area (Å²) < 4.78 is 5.36. The van der Waals surface area contributed by atoms with Crippen LogP contribution in [0.15, 0.2) is 24.4 Å². The Labute approximate surface area is 101 Å². The van der Waals surface area contributed by atoms with Gasteiger partial charge >= 0.3 is 0 Å². The third-order valence-corrected chi connectivity index (χ3v) is 4.38. The lowest BCUT2D eigenvalue weighted by atomic mass is 10.2. The molecule has 1 unspecified atom stereocenters. The topological polar surface area (TPSA) is 48.1 Å². The minimum atomic E-state index is 0.323. The maximum atomic E-state index is 5.83. The van der Waals surface area contributed by atoms with E-state index in [0.29, 0.717) is 17.0 Å². The summed E-state index contributed by atoms with van der Waals surface area (Å²) in [4.78, 5) is 4.38. The minimum Gasteiger partial charge on any atom is -0.381 e. The SMILES string of the molecule is NCC(SC1CCOCC1)c1ccccn1. The van der Waals surface area contributed by atoms with Crippen molar-refractivity contribution in [2.45, 2.75) is 23.3 Å². The summed E-state index contributed by atoms with van der Waals surface area (Å²) in [5.74, 6) is 0. The maximum Gasteiger partial charge on any atom is 0.0595 e. The zero-order chi connectivity index (χ0) is 11.2. The van der Waals surface area contributed by atoms with Gasteiger partial charge in [0.1, 0.15) is 0 Å². The average Bonchev–Trinajstić information content (AvgIpc) is 2.38. The van der Waals surface area contributed by atoms with Crippen molar-refractivity contribution in [3.8, 4) is 0 Å². The number of nitrogens with zero attached hydrogens (tertiary/aromatic N) is 1. The quantitative estimate of drug-likeness (QED) is 0.871. The molecule has 2 N–H and O–H groups in total. The van der Waals surface area contributed by atoms with Gasteiger partial charge in [-0.2, -0.15) is 0 Å². The van der Waals surface area contributed by atoms with Gasteiger partial charge in [0.2, 0.25) is 0 Å². The summed E-state index contributed by atoms with van der Waals surface area (Å²) in [5.41, 5.74) is 6.93. The highest BCUT2D eigenvalue weighted by atomic mass is 32.2. The minimum absolute atomic E-state index is 0.323. The lowest BCUT2D eigenvalue weighted by molar-refractivity contribution is 0.0999. The van der Waals surface area contributed by atoms with Crippen LogP contribution in [-0.4, -0.2) is 30.0 Å². The molecule has 1 aliphatic rings.